The summed E-state index contributed by atoms with van der Waals surface area (Å²) in [6, 6.07) is 5.05. The Bertz CT molecular complexity index is 1040. The number of alkyl halides is 5. The van der Waals surface area contributed by atoms with Crippen LogP contribution in [-0.2, 0) is 16.7 Å². The first kappa shape index (κ1) is 23.4. The number of hydrogen-bond acceptors (Lipinski definition) is 6. The minimum absolute atomic E-state index is 0.0971. The largest absolute Gasteiger partial charge is 0.483 e. The van der Waals surface area contributed by atoms with Crippen molar-refractivity contribution in [3.63, 3.8) is 0 Å². The van der Waals surface area contributed by atoms with Crippen LogP contribution in [-0.4, -0.2) is 42.1 Å². The van der Waals surface area contributed by atoms with Crippen molar-refractivity contribution in [3.8, 4) is 5.75 Å². The van der Waals surface area contributed by atoms with Gasteiger partial charge in [-0.1, -0.05) is 6.07 Å². The van der Waals surface area contributed by atoms with Gasteiger partial charge in [-0.05, 0) is 36.8 Å². The van der Waals surface area contributed by atoms with Gasteiger partial charge < -0.3 is 15.2 Å². The minimum Gasteiger partial charge on any atom is -0.483 e. The third kappa shape index (κ3) is 4.94. The molecular formula is C20H17F6N3O3. The molecular weight excluding hydrogens is 444 g/mol. The highest BCUT2D eigenvalue weighted by Crippen LogP contribution is 2.44. The van der Waals surface area contributed by atoms with E-state index in [0.29, 0.717) is 0 Å². The Morgan fingerprint density at radius 2 is 1.97 bits per heavy atom. The van der Waals surface area contributed by atoms with Crippen molar-refractivity contribution in [1.82, 2.24) is 4.98 Å². The predicted octanol–water partition coefficient (Wildman–Crippen LogP) is 3.78. The zero-order chi connectivity index (χ0) is 23.7. The molecule has 1 aromatic heterocycles. The van der Waals surface area contributed by atoms with E-state index in [0.717, 1.165) is 37.4 Å². The molecule has 2 heterocycles. The summed E-state index contributed by atoms with van der Waals surface area (Å²) in [5, 5.41) is 0. The van der Waals surface area contributed by atoms with Gasteiger partial charge in [0.25, 0.3) is 6.02 Å². The second kappa shape index (κ2) is 8.32. The zero-order valence-electron chi connectivity index (χ0n) is 16.5. The van der Waals surface area contributed by atoms with E-state index in [-0.39, 0.29) is 23.4 Å². The van der Waals surface area contributed by atoms with Gasteiger partial charge in [0.15, 0.2) is 24.5 Å². The summed E-state index contributed by atoms with van der Waals surface area (Å²) < 4.78 is 89.1. The number of nitrogens with two attached hydrogens (primary N) is 1. The molecule has 1 aliphatic heterocycles. The number of ether oxygens (including phenoxy) is 2. The summed E-state index contributed by atoms with van der Waals surface area (Å²) in [5.74, 6) is -5.30. The zero-order valence-corrected chi connectivity index (χ0v) is 16.5. The molecule has 1 aliphatic rings. The fraction of sp³-hybridized carbons (Fsp3) is 0.350. The van der Waals surface area contributed by atoms with Crippen molar-refractivity contribution in [2.24, 2.45) is 10.7 Å². The lowest BCUT2D eigenvalue weighted by Gasteiger charge is -2.37. The molecule has 3 rings (SSSR count). The fourth-order valence-corrected chi connectivity index (χ4v) is 3.02. The summed E-state index contributed by atoms with van der Waals surface area (Å²) in [6.07, 6.45) is -3.90. The topological polar surface area (TPSA) is 86.8 Å². The van der Waals surface area contributed by atoms with E-state index in [9.17, 15) is 31.1 Å². The summed E-state index contributed by atoms with van der Waals surface area (Å²) in [4.78, 5) is 19.9. The molecule has 0 spiro atoms. The number of ketones is 1. The van der Waals surface area contributed by atoms with E-state index in [1.807, 2.05) is 0 Å². The van der Waals surface area contributed by atoms with E-state index in [1.54, 1.807) is 0 Å². The lowest BCUT2D eigenvalue weighted by Crippen LogP contribution is -2.51. The first-order valence-corrected chi connectivity index (χ1v) is 9.14. The van der Waals surface area contributed by atoms with Crippen molar-refractivity contribution in [1.29, 1.82) is 0 Å². The molecule has 2 aromatic rings. The highest BCUT2D eigenvalue weighted by molar-refractivity contribution is 5.95. The summed E-state index contributed by atoms with van der Waals surface area (Å²) in [6.45, 7) is -1.59. The van der Waals surface area contributed by atoms with Crippen molar-refractivity contribution in [2.75, 3.05) is 13.2 Å². The number of aliphatic imine (C=N–C) groups is 1. The normalized spacial score (nSPS) is 20.3. The summed E-state index contributed by atoms with van der Waals surface area (Å²) in [5.41, 5.74) is 2.69. The number of pyridine rings is 1. The van der Waals surface area contributed by atoms with Crippen LogP contribution in [0.4, 0.5) is 26.3 Å². The van der Waals surface area contributed by atoms with Crippen LogP contribution in [0.3, 0.4) is 0 Å². The van der Waals surface area contributed by atoms with Crippen molar-refractivity contribution in [3.05, 3.63) is 59.2 Å². The van der Waals surface area contributed by atoms with Crippen LogP contribution in [0.15, 0.2) is 41.5 Å². The number of nitrogens with zero attached hydrogens (tertiary/aromatic N) is 2. The third-order valence-corrected chi connectivity index (χ3v) is 4.79. The maximum Gasteiger partial charge on any atom is 0.422 e. The highest BCUT2D eigenvalue weighted by atomic mass is 19.4. The first-order valence-electron chi connectivity index (χ1n) is 9.14. The number of Topliss-reactive ketones (excluding diaryl/α,β-unsaturated/α-hetero) is 1. The Kier molecular flexibility index (Phi) is 6.07. The number of carbonyl (C=O) groups excluding carboxylic acids is 1. The summed E-state index contributed by atoms with van der Waals surface area (Å²) >= 11 is 0. The number of rotatable bonds is 6. The first-order chi connectivity index (χ1) is 14.8. The van der Waals surface area contributed by atoms with Crippen LogP contribution < -0.4 is 10.5 Å². The van der Waals surface area contributed by atoms with Crippen LogP contribution in [0.1, 0.15) is 28.5 Å². The molecule has 12 heteroatoms. The molecule has 0 saturated heterocycles. The van der Waals surface area contributed by atoms with Gasteiger partial charge >= 0.3 is 12.1 Å². The average molecular weight is 461 g/mol. The lowest BCUT2D eigenvalue weighted by atomic mass is 9.84. The highest BCUT2D eigenvalue weighted by Gasteiger charge is 2.56. The maximum atomic E-state index is 14.5. The number of carbonyl (C=O) groups is 1. The van der Waals surface area contributed by atoms with Crippen molar-refractivity contribution < 1.29 is 40.6 Å². The van der Waals surface area contributed by atoms with E-state index in [2.05, 4.69) is 19.5 Å². The number of amidine groups is 1. The Hall–Kier alpha value is -3.31. The SMILES string of the molecule is C[C@]1(c2cc(CC(=O)c3ccc(OCC(F)(F)F)cn3)ccc2F)N=C(N)OCC1(F)F. The summed E-state index contributed by atoms with van der Waals surface area (Å²) in [7, 11) is 0. The number of aromatic nitrogens is 1. The second-order valence-corrected chi connectivity index (χ2v) is 7.21. The van der Waals surface area contributed by atoms with E-state index in [4.69, 9.17) is 5.73 Å². The van der Waals surface area contributed by atoms with E-state index >= 15 is 0 Å². The standard InChI is InChI=1S/C20H17F6N3O3/c1-18(19(22,23)9-32-17(27)29-18)13-6-11(2-4-14(13)21)7-16(30)15-5-3-12(8-28-15)31-10-20(24,25)26/h2-6,8H,7,9-10H2,1H3,(H2,27,29)/t18-/m1/s1. The molecule has 0 bridgehead atoms. The van der Waals surface area contributed by atoms with Gasteiger partial charge in [-0.15, -0.1) is 0 Å². The van der Waals surface area contributed by atoms with Gasteiger partial charge in [-0.2, -0.15) is 22.0 Å². The molecule has 0 aliphatic carbocycles. The Morgan fingerprint density at radius 1 is 1.25 bits per heavy atom. The Balaban J connectivity index is 1.80. The molecule has 0 amide bonds. The molecule has 6 nitrogen and oxygen atoms in total. The maximum absolute atomic E-state index is 14.5. The van der Waals surface area contributed by atoms with Gasteiger partial charge in [-0.3, -0.25) is 4.79 Å². The van der Waals surface area contributed by atoms with Crippen LogP contribution in [0.25, 0.3) is 0 Å². The van der Waals surface area contributed by atoms with E-state index < -0.39 is 54.0 Å². The minimum atomic E-state index is -4.53. The van der Waals surface area contributed by atoms with Crippen LogP contribution >= 0.6 is 0 Å². The molecule has 0 radical (unpaired) electrons. The predicted molar refractivity (Wildman–Crippen MR) is 100 cm³/mol. The molecule has 0 saturated carbocycles. The van der Waals surface area contributed by atoms with E-state index in [1.165, 1.54) is 6.07 Å². The van der Waals surface area contributed by atoms with Gasteiger partial charge in [0.1, 0.15) is 17.3 Å². The monoisotopic (exact) mass is 461 g/mol. The smallest absolute Gasteiger partial charge is 0.422 e. The Labute approximate surface area is 178 Å². The lowest BCUT2D eigenvalue weighted by molar-refractivity contribution is -0.153. The molecule has 0 fully saturated rings. The van der Waals surface area contributed by atoms with Crippen LogP contribution in [0.5, 0.6) is 5.75 Å². The average Bonchev–Trinajstić information content (AvgIpc) is 2.71. The molecule has 0 unspecified atom stereocenters. The van der Waals surface area contributed by atoms with Gasteiger partial charge in [-0.25, -0.2) is 14.4 Å². The quantitative estimate of drug-likeness (QED) is 0.523. The van der Waals surface area contributed by atoms with Gasteiger partial charge in [0.05, 0.1) is 6.20 Å². The van der Waals surface area contributed by atoms with Crippen molar-refractivity contribution in [2.45, 2.75) is 31.0 Å². The molecule has 32 heavy (non-hydrogen) atoms. The van der Waals surface area contributed by atoms with Gasteiger partial charge in [0.2, 0.25) is 0 Å². The number of hydrogen-bond donors (Lipinski definition) is 1. The van der Waals surface area contributed by atoms with Crippen LogP contribution in [0, 0.1) is 5.82 Å². The second-order valence-electron chi connectivity index (χ2n) is 7.21. The number of benzene rings is 1. The number of halogens is 6. The Morgan fingerprint density at radius 3 is 2.59 bits per heavy atom. The van der Waals surface area contributed by atoms with Gasteiger partial charge in [0, 0.05) is 12.0 Å². The molecule has 172 valence electrons. The van der Waals surface area contributed by atoms with Crippen molar-refractivity contribution >= 4 is 11.8 Å². The molecule has 1 atom stereocenters. The molecule has 2 N–H and O–H groups in total. The molecule has 1 aromatic carbocycles. The third-order valence-electron chi connectivity index (χ3n) is 4.79. The van der Waals surface area contributed by atoms with Crippen LogP contribution in [0.2, 0.25) is 0 Å². The fourth-order valence-electron chi connectivity index (χ4n) is 3.02.